The van der Waals surface area contributed by atoms with Crippen molar-refractivity contribution in [3.63, 3.8) is 0 Å². The molecule has 7 rings (SSSR count). The van der Waals surface area contributed by atoms with Crippen LogP contribution in [0.25, 0.3) is 66.3 Å². The van der Waals surface area contributed by atoms with E-state index in [-0.39, 0.29) is 0 Å². The third kappa shape index (κ3) is 4.24. The van der Waals surface area contributed by atoms with Gasteiger partial charge in [0.25, 0.3) is 0 Å². The van der Waals surface area contributed by atoms with E-state index in [1.54, 1.807) is 0 Å². The van der Waals surface area contributed by atoms with Crippen molar-refractivity contribution < 1.29 is 0 Å². The zero-order valence-corrected chi connectivity index (χ0v) is 22.6. The van der Waals surface area contributed by atoms with Crippen molar-refractivity contribution in [1.82, 2.24) is 9.97 Å². The molecule has 0 aliphatic heterocycles. The fourth-order valence-electron chi connectivity index (χ4n) is 5.84. The largest absolute Gasteiger partial charge is 0.256 e. The summed E-state index contributed by atoms with van der Waals surface area (Å²) < 4.78 is 0. The van der Waals surface area contributed by atoms with Gasteiger partial charge in [0.1, 0.15) is 0 Å². The first kappa shape index (κ1) is 24.0. The Morgan fingerprint density at radius 3 is 2.02 bits per heavy atom. The molecule has 2 heteroatoms. The second-order valence-electron chi connectivity index (χ2n) is 10.4. The van der Waals surface area contributed by atoms with Gasteiger partial charge in [0.15, 0.2) is 0 Å². The Labute approximate surface area is 234 Å². The van der Waals surface area contributed by atoms with Gasteiger partial charge in [-0.2, -0.15) is 0 Å². The van der Waals surface area contributed by atoms with Crippen LogP contribution in [0, 0.1) is 13.8 Å². The number of fused-ring (bicyclic) bond motifs is 3. The van der Waals surface area contributed by atoms with Crippen LogP contribution in [0.2, 0.25) is 0 Å². The van der Waals surface area contributed by atoms with Crippen LogP contribution in [-0.2, 0) is 0 Å². The van der Waals surface area contributed by atoms with E-state index in [1.165, 1.54) is 60.7 Å². The van der Waals surface area contributed by atoms with Gasteiger partial charge in [-0.05, 0) is 112 Å². The Hall–Kier alpha value is -5.08. The summed E-state index contributed by atoms with van der Waals surface area (Å²) in [6.45, 7) is 4.42. The highest BCUT2D eigenvalue weighted by Gasteiger charge is 2.15. The molecular weight excluding hydrogens is 484 g/mol. The van der Waals surface area contributed by atoms with Crippen LogP contribution in [0.4, 0.5) is 0 Å². The number of nitrogens with zero attached hydrogens (tertiary/aromatic N) is 2. The standard InChI is InChI=1S/C38H28N2/c1-25-20-26(2)34(23-33(25)29-12-8-13-30(21-29)37-15-6-7-18-39-37)36-24-38-32(14-9-19-40-38)31-17-16-28(22-35(31)36)27-10-4-3-5-11-27/h3-24H,1-2H3. The molecule has 0 fully saturated rings. The monoisotopic (exact) mass is 512 g/mol. The van der Waals surface area contributed by atoms with Gasteiger partial charge in [-0.3, -0.25) is 9.97 Å². The summed E-state index contributed by atoms with van der Waals surface area (Å²) in [5.74, 6) is 0. The van der Waals surface area contributed by atoms with Crippen molar-refractivity contribution >= 4 is 21.7 Å². The lowest BCUT2D eigenvalue weighted by Gasteiger charge is -2.17. The van der Waals surface area contributed by atoms with E-state index < -0.39 is 0 Å². The van der Waals surface area contributed by atoms with Crippen molar-refractivity contribution in [3.8, 4) is 44.6 Å². The number of hydrogen-bond donors (Lipinski definition) is 0. The number of pyridine rings is 2. The number of rotatable bonds is 4. The molecule has 0 bridgehead atoms. The van der Waals surface area contributed by atoms with Gasteiger partial charge in [-0.15, -0.1) is 0 Å². The lowest BCUT2D eigenvalue weighted by atomic mass is 9.87. The number of aromatic nitrogens is 2. The van der Waals surface area contributed by atoms with E-state index in [2.05, 4.69) is 122 Å². The van der Waals surface area contributed by atoms with Gasteiger partial charge in [-0.25, -0.2) is 0 Å². The topological polar surface area (TPSA) is 25.8 Å². The highest BCUT2D eigenvalue weighted by Crippen LogP contribution is 2.40. The zero-order chi connectivity index (χ0) is 27.1. The van der Waals surface area contributed by atoms with Crippen LogP contribution in [0.1, 0.15) is 11.1 Å². The molecule has 190 valence electrons. The summed E-state index contributed by atoms with van der Waals surface area (Å²) in [7, 11) is 0. The lowest BCUT2D eigenvalue weighted by Crippen LogP contribution is -1.93. The normalized spacial score (nSPS) is 11.2. The second kappa shape index (κ2) is 9.91. The predicted molar refractivity (Wildman–Crippen MR) is 168 cm³/mol. The number of aryl methyl sites for hydroxylation is 2. The van der Waals surface area contributed by atoms with Gasteiger partial charge < -0.3 is 0 Å². The van der Waals surface area contributed by atoms with Crippen LogP contribution in [0.3, 0.4) is 0 Å². The average Bonchev–Trinajstić information content (AvgIpc) is 3.01. The van der Waals surface area contributed by atoms with Crippen LogP contribution in [0.5, 0.6) is 0 Å². The Balaban J connectivity index is 1.46. The molecule has 0 aliphatic rings. The van der Waals surface area contributed by atoms with Gasteiger partial charge in [0.05, 0.1) is 11.2 Å². The Morgan fingerprint density at radius 2 is 1.18 bits per heavy atom. The summed E-state index contributed by atoms with van der Waals surface area (Å²) in [4.78, 5) is 9.34. The van der Waals surface area contributed by atoms with Crippen molar-refractivity contribution in [2.75, 3.05) is 0 Å². The van der Waals surface area contributed by atoms with Gasteiger partial charge in [-0.1, -0.05) is 78.9 Å². The molecule has 2 heterocycles. The average molecular weight is 513 g/mol. The van der Waals surface area contributed by atoms with Crippen LogP contribution in [-0.4, -0.2) is 9.97 Å². The van der Waals surface area contributed by atoms with Crippen LogP contribution in [0.15, 0.2) is 134 Å². The molecule has 0 saturated carbocycles. The first-order valence-corrected chi connectivity index (χ1v) is 13.7. The van der Waals surface area contributed by atoms with Crippen molar-refractivity contribution in [1.29, 1.82) is 0 Å². The number of hydrogen-bond acceptors (Lipinski definition) is 2. The third-order valence-corrected chi connectivity index (χ3v) is 7.82. The van der Waals surface area contributed by atoms with E-state index >= 15 is 0 Å². The summed E-state index contributed by atoms with van der Waals surface area (Å²) in [5, 5.41) is 3.63. The minimum absolute atomic E-state index is 0.981. The molecule has 0 spiro atoms. The maximum absolute atomic E-state index is 4.76. The predicted octanol–water partition coefficient (Wildman–Crippen LogP) is 10.1. The second-order valence-corrected chi connectivity index (χ2v) is 10.4. The highest BCUT2D eigenvalue weighted by molar-refractivity contribution is 6.14. The molecule has 0 N–H and O–H groups in total. The maximum Gasteiger partial charge on any atom is 0.0714 e. The molecule has 0 aliphatic carbocycles. The Morgan fingerprint density at radius 1 is 0.400 bits per heavy atom. The quantitative estimate of drug-likeness (QED) is 0.219. The molecule has 2 nitrogen and oxygen atoms in total. The maximum atomic E-state index is 4.76. The molecule has 0 amide bonds. The van der Waals surface area contributed by atoms with E-state index in [0.717, 1.165) is 16.8 Å². The lowest BCUT2D eigenvalue weighted by molar-refractivity contribution is 1.32. The fraction of sp³-hybridized carbons (Fsp3) is 0.0526. The zero-order valence-electron chi connectivity index (χ0n) is 22.6. The molecular formula is C38H28N2. The minimum atomic E-state index is 0.981. The SMILES string of the molecule is Cc1cc(C)c(-c2cc3ncccc3c3ccc(-c4ccccc4)cc23)cc1-c1cccc(-c2ccccn2)c1. The summed E-state index contributed by atoms with van der Waals surface area (Å²) in [5.41, 5.74) is 12.9. The van der Waals surface area contributed by atoms with Gasteiger partial charge >= 0.3 is 0 Å². The van der Waals surface area contributed by atoms with Crippen molar-refractivity contribution in [3.05, 3.63) is 145 Å². The van der Waals surface area contributed by atoms with Crippen LogP contribution < -0.4 is 0 Å². The highest BCUT2D eigenvalue weighted by atomic mass is 14.7. The first-order valence-electron chi connectivity index (χ1n) is 13.7. The van der Waals surface area contributed by atoms with Crippen molar-refractivity contribution in [2.45, 2.75) is 13.8 Å². The third-order valence-electron chi connectivity index (χ3n) is 7.82. The van der Waals surface area contributed by atoms with Crippen molar-refractivity contribution in [2.24, 2.45) is 0 Å². The summed E-state index contributed by atoms with van der Waals surface area (Å²) in [6, 6.07) is 43.3. The summed E-state index contributed by atoms with van der Waals surface area (Å²) in [6.07, 6.45) is 3.73. The molecule has 40 heavy (non-hydrogen) atoms. The van der Waals surface area contributed by atoms with E-state index in [9.17, 15) is 0 Å². The van der Waals surface area contributed by atoms with Gasteiger partial charge in [0, 0.05) is 23.3 Å². The smallest absolute Gasteiger partial charge is 0.0714 e. The van der Waals surface area contributed by atoms with Gasteiger partial charge in [0.2, 0.25) is 0 Å². The fourth-order valence-corrected chi connectivity index (χ4v) is 5.84. The summed E-state index contributed by atoms with van der Waals surface area (Å²) >= 11 is 0. The Bertz CT molecular complexity index is 2010. The van der Waals surface area contributed by atoms with E-state index in [0.29, 0.717) is 0 Å². The molecule has 0 atom stereocenters. The van der Waals surface area contributed by atoms with Crippen LogP contribution >= 0.6 is 0 Å². The first-order chi connectivity index (χ1) is 19.7. The molecule has 0 unspecified atom stereocenters. The van der Waals surface area contributed by atoms with E-state index in [4.69, 9.17) is 4.98 Å². The molecule has 2 aromatic heterocycles. The Kier molecular flexibility index (Phi) is 5.94. The molecule has 0 saturated heterocycles. The number of benzene rings is 5. The molecule has 7 aromatic rings. The minimum Gasteiger partial charge on any atom is -0.256 e. The van der Waals surface area contributed by atoms with E-state index in [1.807, 2.05) is 30.6 Å². The molecule has 5 aromatic carbocycles. The molecule has 0 radical (unpaired) electrons.